The number of aryl methyl sites for hydroxylation is 2. The number of nitrogens with one attached hydrogen (secondary N) is 2. The van der Waals surface area contributed by atoms with Crippen molar-refractivity contribution >= 4 is 34.3 Å². The van der Waals surface area contributed by atoms with E-state index in [9.17, 15) is 19.5 Å². The molecule has 3 aromatic rings. The van der Waals surface area contributed by atoms with E-state index in [2.05, 4.69) is 34.4 Å². The van der Waals surface area contributed by atoms with Crippen molar-refractivity contribution in [2.75, 3.05) is 17.7 Å². The summed E-state index contributed by atoms with van der Waals surface area (Å²) in [5.41, 5.74) is -0.0811. The largest absolute Gasteiger partial charge is 0.504 e. The number of hydrogen-bond acceptors (Lipinski definition) is 9. The second-order valence-corrected chi connectivity index (χ2v) is 11.4. The van der Waals surface area contributed by atoms with Gasteiger partial charge in [0.1, 0.15) is 11.4 Å². The molecule has 0 bridgehead atoms. The Balaban J connectivity index is 1.43. The Morgan fingerprint density at radius 1 is 1.23 bits per heavy atom. The number of fused-ring (bicyclic) bond motifs is 1. The summed E-state index contributed by atoms with van der Waals surface area (Å²) in [6, 6.07) is 1.44. The Bertz CT molecular complexity index is 1380. The van der Waals surface area contributed by atoms with Gasteiger partial charge in [-0.3, -0.25) is 14.4 Å². The summed E-state index contributed by atoms with van der Waals surface area (Å²) < 4.78 is 0. The number of amides is 1. The van der Waals surface area contributed by atoms with Crippen molar-refractivity contribution in [3.63, 3.8) is 0 Å². The van der Waals surface area contributed by atoms with E-state index in [1.165, 1.54) is 12.3 Å². The van der Waals surface area contributed by atoms with Gasteiger partial charge in [-0.1, -0.05) is 13.8 Å². The Morgan fingerprint density at radius 3 is 2.63 bits per heavy atom. The number of hydrogen-bond donors (Lipinski definition) is 3. The third-order valence-electron chi connectivity index (χ3n) is 7.41. The van der Waals surface area contributed by atoms with Gasteiger partial charge in [0.25, 0.3) is 16.8 Å². The van der Waals surface area contributed by atoms with E-state index < -0.39 is 10.9 Å². The topological polar surface area (TPSA) is 125 Å². The van der Waals surface area contributed by atoms with E-state index in [1.54, 1.807) is 23.3 Å². The highest BCUT2D eigenvalue weighted by molar-refractivity contribution is 7.11. The lowest BCUT2D eigenvalue weighted by Crippen LogP contribution is -2.41. The van der Waals surface area contributed by atoms with E-state index in [1.807, 2.05) is 6.92 Å². The summed E-state index contributed by atoms with van der Waals surface area (Å²) in [7, 11) is 1.70. The molecular formula is C25H29N5O4S. The van der Waals surface area contributed by atoms with Crippen molar-refractivity contribution in [2.24, 2.45) is 5.41 Å². The number of anilines is 3. The van der Waals surface area contributed by atoms with Crippen LogP contribution in [0.1, 0.15) is 71.6 Å². The van der Waals surface area contributed by atoms with Crippen molar-refractivity contribution in [3.8, 4) is 5.75 Å². The van der Waals surface area contributed by atoms with Crippen LogP contribution in [0, 0.1) is 12.3 Å². The van der Waals surface area contributed by atoms with Gasteiger partial charge in [0.2, 0.25) is 0 Å². The highest BCUT2D eigenvalue weighted by Gasteiger charge is 2.40. The van der Waals surface area contributed by atoms with Crippen molar-refractivity contribution in [1.29, 1.82) is 0 Å². The van der Waals surface area contributed by atoms with Crippen LogP contribution < -0.4 is 21.5 Å². The number of nitrogens with zero attached hydrogens (tertiary/aromatic N) is 3. The fourth-order valence-electron chi connectivity index (χ4n) is 4.84. The van der Waals surface area contributed by atoms with Crippen LogP contribution in [0.25, 0.3) is 0 Å². The number of aromatic hydroxyl groups is 1. The fraction of sp³-hybridized carbons (Fsp3) is 0.480. The molecule has 10 heteroatoms. The fourth-order valence-corrected chi connectivity index (χ4v) is 6.07. The molecule has 1 atom stereocenters. The molecule has 0 aliphatic heterocycles. The molecule has 0 radical (unpaired) electrons. The summed E-state index contributed by atoms with van der Waals surface area (Å²) in [5.74, 6) is -0.725. The molecule has 2 heterocycles. The van der Waals surface area contributed by atoms with Gasteiger partial charge in [-0.15, -0.1) is 11.3 Å². The molecule has 1 amide bonds. The van der Waals surface area contributed by atoms with Crippen molar-refractivity contribution in [1.82, 2.24) is 14.9 Å². The Labute approximate surface area is 206 Å². The number of carbonyl (C=O) groups is 1. The predicted molar refractivity (Wildman–Crippen MR) is 136 cm³/mol. The van der Waals surface area contributed by atoms with Crippen LogP contribution in [0.5, 0.6) is 5.75 Å². The first-order valence-electron chi connectivity index (χ1n) is 11.9. The predicted octanol–water partition coefficient (Wildman–Crippen LogP) is 3.64. The molecule has 0 spiro atoms. The quantitative estimate of drug-likeness (QED) is 0.443. The van der Waals surface area contributed by atoms with E-state index >= 15 is 0 Å². The van der Waals surface area contributed by atoms with Gasteiger partial charge in [-0.25, -0.2) is 9.97 Å². The molecule has 9 nitrogen and oxygen atoms in total. The van der Waals surface area contributed by atoms with Crippen molar-refractivity contribution in [2.45, 2.75) is 65.0 Å². The standard InChI is InChI=1S/C25H29N5O4S/c1-12-27-15-8-10-25(2,3)23(22(15)35-12)29-17-16(20(32)21(17)33)28-14-9-11-26-18(19(14)31)24(34)30(4)13-6-5-7-13/h9,11,13,23,29,31H,5-8,10H2,1-4H3,(H,26,28). The minimum absolute atomic E-state index is 0.0754. The third-order valence-corrected chi connectivity index (χ3v) is 8.49. The van der Waals surface area contributed by atoms with Crippen molar-refractivity contribution < 1.29 is 9.90 Å². The number of thiazole rings is 1. The van der Waals surface area contributed by atoms with E-state index in [0.717, 1.165) is 47.7 Å². The molecule has 2 aromatic heterocycles. The Hall–Kier alpha value is -3.27. The van der Waals surface area contributed by atoms with Crippen LogP contribution in [-0.2, 0) is 6.42 Å². The molecule has 2 aliphatic carbocycles. The summed E-state index contributed by atoms with van der Waals surface area (Å²) in [6.45, 7) is 6.23. The molecule has 1 fully saturated rings. The maximum atomic E-state index is 12.9. The monoisotopic (exact) mass is 495 g/mol. The van der Waals surface area contributed by atoms with Crippen LogP contribution in [0.3, 0.4) is 0 Å². The number of rotatable bonds is 6. The molecular weight excluding hydrogens is 466 g/mol. The average Bonchev–Trinajstić information content (AvgIpc) is 3.16. The van der Waals surface area contributed by atoms with Gasteiger partial charge < -0.3 is 20.6 Å². The first-order chi connectivity index (χ1) is 16.6. The normalized spacial score (nSPS) is 19.1. The van der Waals surface area contributed by atoms with Crippen LogP contribution in [0.2, 0.25) is 0 Å². The van der Waals surface area contributed by atoms with Gasteiger partial charge in [0, 0.05) is 19.3 Å². The summed E-state index contributed by atoms with van der Waals surface area (Å²) in [4.78, 5) is 49.3. The zero-order valence-corrected chi connectivity index (χ0v) is 21.1. The minimum atomic E-state index is -0.669. The summed E-state index contributed by atoms with van der Waals surface area (Å²) in [6.07, 6.45) is 6.10. The second-order valence-electron chi connectivity index (χ2n) is 10.2. The first kappa shape index (κ1) is 23.5. The van der Waals surface area contributed by atoms with Gasteiger partial charge >= 0.3 is 0 Å². The molecule has 1 unspecified atom stereocenters. The smallest absolute Gasteiger partial charge is 0.276 e. The lowest BCUT2D eigenvalue weighted by molar-refractivity contribution is 0.0643. The van der Waals surface area contributed by atoms with Gasteiger partial charge in [-0.05, 0) is 50.5 Å². The Morgan fingerprint density at radius 2 is 1.94 bits per heavy atom. The zero-order valence-electron chi connectivity index (χ0n) is 20.3. The first-order valence-corrected chi connectivity index (χ1v) is 12.7. The van der Waals surface area contributed by atoms with Gasteiger partial charge in [-0.2, -0.15) is 0 Å². The molecule has 184 valence electrons. The number of carbonyl (C=O) groups excluding carboxylic acids is 1. The van der Waals surface area contributed by atoms with Crippen LogP contribution in [0.15, 0.2) is 21.9 Å². The highest BCUT2D eigenvalue weighted by atomic mass is 32.1. The molecule has 1 saturated carbocycles. The zero-order chi connectivity index (χ0) is 25.1. The SMILES string of the molecule is Cc1nc2c(s1)C(Nc1c(Nc3ccnc(C(=O)N(C)C4CCC4)c3O)c(=O)c1=O)C(C)(C)CC2. The number of pyridine rings is 1. The maximum absolute atomic E-state index is 12.9. The van der Waals surface area contributed by atoms with Crippen LogP contribution in [-0.4, -0.2) is 39.0 Å². The highest BCUT2D eigenvalue weighted by Crippen LogP contribution is 2.47. The van der Waals surface area contributed by atoms with Crippen LogP contribution >= 0.6 is 11.3 Å². The minimum Gasteiger partial charge on any atom is -0.504 e. The summed E-state index contributed by atoms with van der Waals surface area (Å²) in [5, 5.41) is 18.0. The number of aromatic nitrogens is 2. The molecule has 0 saturated heterocycles. The van der Waals surface area contributed by atoms with E-state index in [4.69, 9.17) is 0 Å². The second kappa shape index (κ2) is 8.44. The average molecular weight is 496 g/mol. The van der Waals surface area contributed by atoms with E-state index in [0.29, 0.717) is 0 Å². The molecule has 3 N–H and O–H groups in total. The molecule has 5 rings (SSSR count). The molecule has 35 heavy (non-hydrogen) atoms. The molecule has 1 aromatic carbocycles. The summed E-state index contributed by atoms with van der Waals surface area (Å²) >= 11 is 1.60. The maximum Gasteiger partial charge on any atom is 0.276 e. The van der Waals surface area contributed by atoms with Gasteiger partial charge in [0.05, 0.1) is 27.3 Å². The molecule has 2 aliphatic rings. The van der Waals surface area contributed by atoms with Gasteiger partial charge in [0.15, 0.2) is 11.4 Å². The lowest BCUT2D eigenvalue weighted by Gasteiger charge is -2.39. The third kappa shape index (κ3) is 3.89. The van der Waals surface area contributed by atoms with E-state index in [-0.39, 0.29) is 51.9 Å². The Kier molecular flexibility index (Phi) is 5.66. The van der Waals surface area contributed by atoms with Crippen molar-refractivity contribution in [3.05, 3.63) is 54.0 Å². The lowest BCUT2D eigenvalue weighted by atomic mass is 9.74. The van der Waals surface area contributed by atoms with Crippen LogP contribution in [0.4, 0.5) is 17.1 Å².